The molecule has 0 aliphatic heterocycles. The van der Waals surface area contributed by atoms with Crippen molar-refractivity contribution < 1.29 is 0 Å². The van der Waals surface area contributed by atoms with Crippen LogP contribution in [-0.2, 0) is 6.54 Å². The van der Waals surface area contributed by atoms with Crippen molar-refractivity contribution in [1.82, 2.24) is 24.8 Å². The fraction of sp³-hybridized carbons (Fsp3) is 0.357. The van der Waals surface area contributed by atoms with E-state index in [-0.39, 0.29) is 6.04 Å². The van der Waals surface area contributed by atoms with Gasteiger partial charge >= 0.3 is 0 Å². The molecule has 0 aliphatic rings. The summed E-state index contributed by atoms with van der Waals surface area (Å²) < 4.78 is 4.04. The maximum Gasteiger partial charge on any atom is 0.171 e. The highest BCUT2D eigenvalue weighted by molar-refractivity contribution is 5.80. The first kappa shape index (κ1) is 11.9. The highest BCUT2D eigenvalue weighted by Crippen LogP contribution is 2.18. The fourth-order valence-corrected chi connectivity index (χ4v) is 2.33. The van der Waals surface area contributed by atoms with Gasteiger partial charge in [0, 0.05) is 11.7 Å². The zero-order valence-electron chi connectivity index (χ0n) is 11.4. The maximum absolute atomic E-state index is 4.12. The molecule has 0 bridgehead atoms. The van der Waals surface area contributed by atoms with Gasteiger partial charge in [0.1, 0.15) is 0 Å². The molecule has 0 saturated heterocycles. The Hall–Kier alpha value is -2.17. The minimum atomic E-state index is 0.272. The van der Waals surface area contributed by atoms with Crippen molar-refractivity contribution in [2.75, 3.05) is 0 Å². The molecule has 1 aromatic carbocycles. The van der Waals surface area contributed by atoms with E-state index in [9.17, 15) is 0 Å². The van der Waals surface area contributed by atoms with E-state index in [0.29, 0.717) is 6.54 Å². The van der Waals surface area contributed by atoms with Crippen LogP contribution in [0.4, 0.5) is 0 Å². The molecule has 0 amide bonds. The predicted octanol–water partition coefficient (Wildman–Crippen LogP) is 2.57. The summed E-state index contributed by atoms with van der Waals surface area (Å²) in [7, 11) is 0. The van der Waals surface area contributed by atoms with Gasteiger partial charge in [0.05, 0.1) is 12.6 Å². The molecule has 0 atom stereocenters. The minimum Gasteiger partial charge on any atom is -0.340 e. The molecule has 0 unspecified atom stereocenters. The third kappa shape index (κ3) is 2.12. The number of hydrogen-bond acceptors (Lipinski definition) is 3. The summed E-state index contributed by atoms with van der Waals surface area (Å²) in [6, 6.07) is 8.87. The summed E-state index contributed by atoms with van der Waals surface area (Å²) in [5, 5.41) is 13.2. The Kier molecular flexibility index (Phi) is 2.81. The van der Waals surface area contributed by atoms with Crippen LogP contribution in [0.2, 0.25) is 0 Å². The molecule has 5 nitrogen and oxygen atoms in total. The van der Waals surface area contributed by atoms with Crippen LogP contribution in [-0.4, -0.2) is 24.8 Å². The van der Waals surface area contributed by atoms with Gasteiger partial charge in [0.15, 0.2) is 5.82 Å². The van der Waals surface area contributed by atoms with Gasteiger partial charge in [-0.15, -0.1) is 5.10 Å². The zero-order valence-corrected chi connectivity index (χ0v) is 11.4. The molecule has 0 aliphatic carbocycles. The van der Waals surface area contributed by atoms with Crippen molar-refractivity contribution in [3.8, 4) is 0 Å². The van der Waals surface area contributed by atoms with Crippen molar-refractivity contribution in [2.24, 2.45) is 0 Å². The first-order chi connectivity index (χ1) is 9.15. The van der Waals surface area contributed by atoms with E-state index in [1.807, 2.05) is 4.68 Å². The van der Waals surface area contributed by atoms with Crippen LogP contribution in [0, 0.1) is 6.92 Å². The molecule has 0 saturated carbocycles. The minimum absolute atomic E-state index is 0.272. The third-order valence-corrected chi connectivity index (χ3v) is 3.29. The Morgan fingerprint density at radius 1 is 1.21 bits per heavy atom. The monoisotopic (exact) mass is 255 g/mol. The number of aryl methyl sites for hydroxylation is 1. The van der Waals surface area contributed by atoms with Gasteiger partial charge in [0.25, 0.3) is 0 Å². The van der Waals surface area contributed by atoms with Crippen molar-refractivity contribution in [3.63, 3.8) is 0 Å². The lowest BCUT2D eigenvalue weighted by atomic mass is 10.2. The first-order valence-electron chi connectivity index (χ1n) is 6.47. The van der Waals surface area contributed by atoms with E-state index in [0.717, 1.165) is 5.82 Å². The van der Waals surface area contributed by atoms with Gasteiger partial charge in [-0.1, -0.05) is 11.6 Å². The highest BCUT2D eigenvalue weighted by Gasteiger charge is 2.10. The molecule has 3 rings (SSSR count). The standard InChI is InChI=1S/C14H17N5/c1-10(2)19-14(15-16-17-19)9-18-7-6-12-8-11(3)4-5-13(12)18/h4-8,10H,9H2,1-3H3. The van der Waals surface area contributed by atoms with E-state index in [2.05, 4.69) is 71.3 Å². The second-order valence-corrected chi connectivity index (χ2v) is 5.14. The normalized spacial score (nSPS) is 11.6. The van der Waals surface area contributed by atoms with Crippen LogP contribution in [0.5, 0.6) is 0 Å². The van der Waals surface area contributed by atoms with Crippen molar-refractivity contribution in [3.05, 3.63) is 41.9 Å². The van der Waals surface area contributed by atoms with Gasteiger partial charge in [-0.2, -0.15) is 0 Å². The number of rotatable bonds is 3. The summed E-state index contributed by atoms with van der Waals surface area (Å²) in [5.41, 5.74) is 2.49. The maximum atomic E-state index is 4.12. The fourth-order valence-electron chi connectivity index (χ4n) is 2.33. The van der Waals surface area contributed by atoms with Crippen LogP contribution in [0.25, 0.3) is 10.9 Å². The average molecular weight is 255 g/mol. The Morgan fingerprint density at radius 3 is 2.84 bits per heavy atom. The molecule has 0 N–H and O–H groups in total. The van der Waals surface area contributed by atoms with Crippen LogP contribution in [0.15, 0.2) is 30.5 Å². The molecule has 5 heteroatoms. The quantitative estimate of drug-likeness (QED) is 0.722. The van der Waals surface area contributed by atoms with Gasteiger partial charge in [-0.3, -0.25) is 0 Å². The molecular weight excluding hydrogens is 238 g/mol. The molecule has 0 spiro atoms. The highest BCUT2D eigenvalue weighted by atomic mass is 15.6. The summed E-state index contributed by atoms with van der Waals surface area (Å²) in [6.07, 6.45) is 2.09. The lowest BCUT2D eigenvalue weighted by Gasteiger charge is -2.09. The van der Waals surface area contributed by atoms with Gasteiger partial charge < -0.3 is 4.57 Å². The van der Waals surface area contributed by atoms with Gasteiger partial charge in [-0.05, 0) is 54.8 Å². The van der Waals surface area contributed by atoms with Crippen molar-refractivity contribution >= 4 is 10.9 Å². The largest absolute Gasteiger partial charge is 0.340 e. The predicted molar refractivity (Wildman–Crippen MR) is 74.0 cm³/mol. The first-order valence-corrected chi connectivity index (χ1v) is 6.47. The Labute approximate surface area is 111 Å². The van der Waals surface area contributed by atoms with Crippen molar-refractivity contribution in [2.45, 2.75) is 33.4 Å². The van der Waals surface area contributed by atoms with E-state index in [1.165, 1.54) is 16.5 Å². The summed E-state index contributed by atoms with van der Waals surface area (Å²) in [5.74, 6) is 0.882. The van der Waals surface area contributed by atoms with Crippen LogP contribution < -0.4 is 0 Å². The number of nitrogens with zero attached hydrogens (tertiary/aromatic N) is 5. The van der Waals surface area contributed by atoms with E-state index < -0.39 is 0 Å². The van der Waals surface area contributed by atoms with Gasteiger partial charge in [-0.25, -0.2) is 4.68 Å². The third-order valence-electron chi connectivity index (χ3n) is 3.29. The Balaban J connectivity index is 1.99. The second kappa shape index (κ2) is 4.50. The van der Waals surface area contributed by atoms with Crippen LogP contribution in [0.1, 0.15) is 31.3 Å². The average Bonchev–Trinajstić information content (AvgIpc) is 2.97. The smallest absolute Gasteiger partial charge is 0.171 e. The van der Waals surface area contributed by atoms with Crippen LogP contribution >= 0.6 is 0 Å². The van der Waals surface area contributed by atoms with Crippen molar-refractivity contribution in [1.29, 1.82) is 0 Å². The zero-order chi connectivity index (χ0) is 13.4. The molecule has 19 heavy (non-hydrogen) atoms. The van der Waals surface area contributed by atoms with Crippen LogP contribution in [0.3, 0.4) is 0 Å². The molecule has 0 radical (unpaired) electrons. The Morgan fingerprint density at radius 2 is 2.05 bits per heavy atom. The number of aromatic nitrogens is 5. The number of hydrogen-bond donors (Lipinski definition) is 0. The number of fused-ring (bicyclic) bond motifs is 1. The van der Waals surface area contributed by atoms with E-state index in [1.54, 1.807) is 0 Å². The Bertz CT molecular complexity index is 708. The lowest BCUT2D eigenvalue weighted by molar-refractivity contribution is 0.488. The van der Waals surface area contributed by atoms with Gasteiger partial charge in [0.2, 0.25) is 0 Å². The molecule has 3 aromatic rings. The number of benzene rings is 1. The topological polar surface area (TPSA) is 48.5 Å². The summed E-state index contributed by atoms with van der Waals surface area (Å²) in [6.45, 7) is 6.96. The number of tetrazole rings is 1. The molecule has 0 fully saturated rings. The summed E-state index contributed by atoms with van der Waals surface area (Å²) in [4.78, 5) is 0. The molecule has 2 heterocycles. The molecule has 98 valence electrons. The SMILES string of the molecule is Cc1ccc2c(ccn2Cc2nnnn2C(C)C)c1. The second-order valence-electron chi connectivity index (χ2n) is 5.14. The summed E-state index contributed by atoms with van der Waals surface area (Å²) >= 11 is 0. The molecular formula is C14H17N5. The molecule has 2 aromatic heterocycles. The van der Waals surface area contributed by atoms with E-state index in [4.69, 9.17) is 0 Å². The van der Waals surface area contributed by atoms with E-state index >= 15 is 0 Å². The lowest BCUT2D eigenvalue weighted by Crippen LogP contribution is -2.11.